The predicted molar refractivity (Wildman–Crippen MR) is 79.9 cm³/mol. The number of aromatic nitrogens is 1. The van der Waals surface area contributed by atoms with E-state index in [2.05, 4.69) is 29.2 Å². The summed E-state index contributed by atoms with van der Waals surface area (Å²) in [5.41, 5.74) is 1.49. The van der Waals surface area contributed by atoms with Crippen molar-refractivity contribution < 1.29 is 0 Å². The molecule has 0 amide bonds. The first-order valence-corrected chi connectivity index (χ1v) is 8.14. The van der Waals surface area contributed by atoms with Crippen LogP contribution in [0.4, 0.5) is 0 Å². The number of nitrogens with zero attached hydrogens (tertiary/aromatic N) is 1. The number of pyridine rings is 1. The number of fused-ring (bicyclic) bond motifs is 1. The normalized spacial score (nSPS) is 17.7. The van der Waals surface area contributed by atoms with E-state index >= 15 is 0 Å². The van der Waals surface area contributed by atoms with Crippen LogP contribution in [0.1, 0.15) is 11.5 Å². The standard InChI is InChI=1S/C14H12ClNS2/c15-11-5-6-14(16-7-11)18-9-10-8-17-13-4-2-1-3-12(10)13/h1-7,10H,8-9H2. The van der Waals surface area contributed by atoms with E-state index in [1.54, 1.807) is 18.0 Å². The molecule has 2 aromatic rings. The van der Waals surface area contributed by atoms with Crippen molar-refractivity contribution in [3.8, 4) is 0 Å². The molecule has 0 saturated heterocycles. The molecule has 0 N–H and O–H groups in total. The average molecular weight is 294 g/mol. The number of rotatable bonds is 3. The summed E-state index contributed by atoms with van der Waals surface area (Å²) in [6.45, 7) is 0. The third-order valence-corrected chi connectivity index (χ3v) is 5.51. The van der Waals surface area contributed by atoms with Crippen LogP contribution in [-0.4, -0.2) is 16.5 Å². The number of halogens is 1. The second kappa shape index (κ2) is 5.55. The number of hydrogen-bond acceptors (Lipinski definition) is 3. The van der Waals surface area contributed by atoms with Crippen LogP contribution in [0.25, 0.3) is 0 Å². The highest BCUT2D eigenvalue weighted by Gasteiger charge is 2.22. The molecule has 3 rings (SSSR count). The van der Waals surface area contributed by atoms with Gasteiger partial charge in [0.05, 0.1) is 10.0 Å². The van der Waals surface area contributed by atoms with E-state index in [1.165, 1.54) is 16.2 Å². The summed E-state index contributed by atoms with van der Waals surface area (Å²) in [5.74, 6) is 2.90. The largest absolute Gasteiger partial charge is 0.248 e. The summed E-state index contributed by atoms with van der Waals surface area (Å²) < 4.78 is 0. The Morgan fingerprint density at radius 1 is 1.28 bits per heavy atom. The molecular weight excluding hydrogens is 282 g/mol. The molecular formula is C14H12ClNS2. The summed E-state index contributed by atoms with van der Waals surface area (Å²) in [4.78, 5) is 5.76. The van der Waals surface area contributed by atoms with Crippen LogP contribution < -0.4 is 0 Å². The first-order valence-electron chi connectivity index (χ1n) is 5.79. The van der Waals surface area contributed by atoms with Gasteiger partial charge in [0, 0.05) is 28.5 Å². The van der Waals surface area contributed by atoms with Crippen LogP contribution in [0.15, 0.2) is 52.5 Å². The van der Waals surface area contributed by atoms with Gasteiger partial charge in [0.1, 0.15) is 0 Å². The highest BCUT2D eigenvalue weighted by Crippen LogP contribution is 2.41. The number of thioether (sulfide) groups is 2. The molecule has 0 radical (unpaired) electrons. The van der Waals surface area contributed by atoms with Gasteiger partial charge in [-0.15, -0.1) is 23.5 Å². The second-order valence-corrected chi connectivity index (χ2v) is 6.71. The Kier molecular flexibility index (Phi) is 3.83. The van der Waals surface area contributed by atoms with E-state index in [-0.39, 0.29) is 0 Å². The highest BCUT2D eigenvalue weighted by molar-refractivity contribution is 8.00. The summed E-state index contributed by atoms with van der Waals surface area (Å²) in [6.07, 6.45) is 1.71. The molecule has 0 spiro atoms. The van der Waals surface area contributed by atoms with Crippen LogP contribution >= 0.6 is 35.1 Å². The van der Waals surface area contributed by atoms with E-state index in [9.17, 15) is 0 Å². The quantitative estimate of drug-likeness (QED) is 0.760. The van der Waals surface area contributed by atoms with Gasteiger partial charge in [-0.1, -0.05) is 29.8 Å². The minimum atomic E-state index is 0.633. The maximum atomic E-state index is 5.83. The van der Waals surface area contributed by atoms with E-state index in [1.807, 2.05) is 23.9 Å². The second-order valence-electron chi connectivity index (χ2n) is 4.17. The van der Waals surface area contributed by atoms with Crippen molar-refractivity contribution in [1.29, 1.82) is 0 Å². The summed E-state index contributed by atoms with van der Waals surface area (Å²) in [6, 6.07) is 12.6. The Hall–Kier alpha value is -0.640. The van der Waals surface area contributed by atoms with Crippen LogP contribution in [0.5, 0.6) is 0 Å². The molecule has 1 aliphatic heterocycles. The van der Waals surface area contributed by atoms with Crippen molar-refractivity contribution in [3.63, 3.8) is 0 Å². The predicted octanol–water partition coefficient (Wildman–Crippen LogP) is 4.72. The van der Waals surface area contributed by atoms with Crippen molar-refractivity contribution in [1.82, 2.24) is 4.98 Å². The van der Waals surface area contributed by atoms with Crippen LogP contribution in [-0.2, 0) is 0 Å². The first-order chi connectivity index (χ1) is 8.83. The third kappa shape index (κ3) is 2.68. The monoisotopic (exact) mass is 293 g/mol. The van der Waals surface area contributed by atoms with Crippen molar-refractivity contribution in [2.24, 2.45) is 0 Å². The van der Waals surface area contributed by atoms with Crippen molar-refractivity contribution in [3.05, 3.63) is 53.2 Å². The molecule has 4 heteroatoms. The molecule has 0 bridgehead atoms. The van der Waals surface area contributed by atoms with Gasteiger partial charge in [0.25, 0.3) is 0 Å². The van der Waals surface area contributed by atoms with E-state index in [0.717, 1.165) is 10.8 Å². The SMILES string of the molecule is Clc1ccc(SCC2CSc3ccccc32)nc1. The molecule has 0 aliphatic carbocycles. The Balaban J connectivity index is 1.67. The molecule has 0 saturated carbocycles. The summed E-state index contributed by atoms with van der Waals surface area (Å²) in [7, 11) is 0. The Morgan fingerprint density at radius 2 is 2.17 bits per heavy atom. The fraction of sp³-hybridized carbons (Fsp3) is 0.214. The summed E-state index contributed by atoms with van der Waals surface area (Å²) >= 11 is 9.60. The molecule has 0 fully saturated rings. The molecule has 2 heterocycles. The minimum Gasteiger partial charge on any atom is -0.248 e. The van der Waals surface area contributed by atoms with Crippen LogP contribution in [0.2, 0.25) is 5.02 Å². The molecule has 1 nitrogen and oxygen atoms in total. The van der Waals surface area contributed by atoms with Crippen molar-refractivity contribution >= 4 is 35.1 Å². The maximum absolute atomic E-state index is 5.83. The molecule has 92 valence electrons. The Labute approximate surface area is 120 Å². The zero-order valence-corrected chi connectivity index (χ0v) is 12.1. The fourth-order valence-corrected chi connectivity index (χ4v) is 4.48. The van der Waals surface area contributed by atoms with Crippen molar-refractivity contribution in [2.75, 3.05) is 11.5 Å². The molecule has 1 unspecified atom stereocenters. The van der Waals surface area contributed by atoms with Crippen molar-refractivity contribution in [2.45, 2.75) is 15.8 Å². The van der Waals surface area contributed by atoms with E-state index in [4.69, 9.17) is 11.6 Å². The topological polar surface area (TPSA) is 12.9 Å². The summed E-state index contributed by atoms with van der Waals surface area (Å²) in [5, 5.41) is 1.75. The smallest absolute Gasteiger partial charge is 0.0961 e. The number of hydrogen-bond donors (Lipinski definition) is 0. The zero-order valence-electron chi connectivity index (χ0n) is 9.67. The molecule has 1 aliphatic rings. The van der Waals surface area contributed by atoms with Gasteiger partial charge in [0.2, 0.25) is 0 Å². The van der Waals surface area contributed by atoms with Gasteiger partial charge in [-0.3, -0.25) is 0 Å². The minimum absolute atomic E-state index is 0.633. The molecule has 1 aromatic carbocycles. The lowest BCUT2D eigenvalue weighted by Crippen LogP contribution is -2.00. The fourth-order valence-electron chi connectivity index (χ4n) is 2.00. The Bertz CT molecular complexity index is 542. The molecule has 18 heavy (non-hydrogen) atoms. The van der Waals surface area contributed by atoms with Gasteiger partial charge >= 0.3 is 0 Å². The van der Waals surface area contributed by atoms with Gasteiger partial charge in [-0.05, 0) is 23.8 Å². The van der Waals surface area contributed by atoms with E-state index < -0.39 is 0 Å². The highest BCUT2D eigenvalue weighted by atomic mass is 35.5. The lowest BCUT2D eigenvalue weighted by Gasteiger charge is -2.09. The first kappa shape index (κ1) is 12.4. The lowest BCUT2D eigenvalue weighted by atomic mass is 10.0. The Morgan fingerprint density at radius 3 is 3.00 bits per heavy atom. The van der Waals surface area contributed by atoms with Crippen LogP contribution in [0, 0.1) is 0 Å². The van der Waals surface area contributed by atoms with Gasteiger partial charge in [0.15, 0.2) is 0 Å². The zero-order chi connectivity index (χ0) is 12.4. The van der Waals surface area contributed by atoms with E-state index in [0.29, 0.717) is 10.9 Å². The van der Waals surface area contributed by atoms with Gasteiger partial charge < -0.3 is 0 Å². The molecule has 1 aromatic heterocycles. The third-order valence-electron chi connectivity index (χ3n) is 2.93. The molecule has 1 atom stereocenters. The number of benzene rings is 1. The van der Waals surface area contributed by atoms with Crippen LogP contribution in [0.3, 0.4) is 0 Å². The lowest BCUT2D eigenvalue weighted by molar-refractivity contribution is 0.894. The maximum Gasteiger partial charge on any atom is 0.0961 e. The van der Waals surface area contributed by atoms with Gasteiger partial charge in [-0.2, -0.15) is 0 Å². The van der Waals surface area contributed by atoms with Gasteiger partial charge in [-0.25, -0.2) is 4.98 Å². The average Bonchev–Trinajstić information content (AvgIpc) is 2.82.